The number of hydrogen-bond donors (Lipinski definition) is 2. The first-order valence-corrected chi connectivity index (χ1v) is 6.51. The first-order chi connectivity index (χ1) is 8.82. The highest BCUT2D eigenvalue weighted by molar-refractivity contribution is 5.85. The van der Waals surface area contributed by atoms with Crippen molar-refractivity contribution in [3.05, 3.63) is 39.4 Å². The number of nitrogens with zero attached hydrogens (tertiary/aromatic N) is 1. The second kappa shape index (κ2) is 8.19. The molecule has 0 saturated heterocycles. The van der Waals surface area contributed by atoms with E-state index in [1.165, 1.54) is 6.07 Å². The van der Waals surface area contributed by atoms with Crippen molar-refractivity contribution < 1.29 is 10.0 Å². The maximum absolute atomic E-state index is 10.9. The molecular weight excluding hydrogens is 280 g/mol. The van der Waals surface area contributed by atoms with Gasteiger partial charge in [0.2, 0.25) is 0 Å². The van der Waals surface area contributed by atoms with Crippen LogP contribution in [-0.2, 0) is 0 Å². The van der Waals surface area contributed by atoms with Gasteiger partial charge >= 0.3 is 0 Å². The van der Waals surface area contributed by atoms with Crippen molar-refractivity contribution in [1.29, 1.82) is 0 Å². The van der Waals surface area contributed by atoms with Crippen LogP contribution in [0.3, 0.4) is 0 Å². The highest BCUT2D eigenvalue weighted by Crippen LogP contribution is 2.25. The topological polar surface area (TPSA) is 89.4 Å². The van der Waals surface area contributed by atoms with Crippen molar-refractivity contribution in [1.82, 2.24) is 0 Å². The lowest BCUT2D eigenvalue weighted by molar-refractivity contribution is -0.385. The Morgan fingerprint density at radius 1 is 1.35 bits per heavy atom. The van der Waals surface area contributed by atoms with Gasteiger partial charge in [-0.3, -0.25) is 10.1 Å². The summed E-state index contributed by atoms with van der Waals surface area (Å²) in [6.45, 7) is 5.84. The minimum Gasteiger partial charge on any atom is -0.391 e. The Morgan fingerprint density at radius 3 is 2.45 bits per heavy atom. The number of aliphatic hydroxyl groups excluding tert-OH is 1. The summed E-state index contributed by atoms with van der Waals surface area (Å²) in [5.74, 6) is 0.495. The summed E-state index contributed by atoms with van der Waals surface area (Å²) in [7, 11) is 0. The van der Waals surface area contributed by atoms with Crippen LogP contribution in [0.1, 0.15) is 43.9 Å². The fourth-order valence-corrected chi connectivity index (χ4v) is 1.94. The van der Waals surface area contributed by atoms with Gasteiger partial charge < -0.3 is 10.8 Å². The Balaban J connectivity index is 0.00000361. The molecule has 20 heavy (non-hydrogen) atoms. The van der Waals surface area contributed by atoms with E-state index in [-0.39, 0.29) is 18.1 Å². The summed E-state index contributed by atoms with van der Waals surface area (Å²) >= 11 is 0. The van der Waals surface area contributed by atoms with Crippen molar-refractivity contribution in [3.63, 3.8) is 0 Å². The van der Waals surface area contributed by atoms with Gasteiger partial charge in [-0.15, -0.1) is 12.4 Å². The number of rotatable bonds is 6. The first-order valence-electron chi connectivity index (χ1n) is 6.51. The summed E-state index contributed by atoms with van der Waals surface area (Å²) in [5.41, 5.74) is 7.22. The van der Waals surface area contributed by atoms with Crippen molar-refractivity contribution in [3.8, 4) is 0 Å². The van der Waals surface area contributed by atoms with Crippen LogP contribution in [-0.4, -0.2) is 16.1 Å². The second-order valence-corrected chi connectivity index (χ2v) is 5.37. The van der Waals surface area contributed by atoms with Crippen LogP contribution in [0.15, 0.2) is 18.2 Å². The number of nitro groups is 1. The molecule has 2 atom stereocenters. The predicted octanol–water partition coefficient (Wildman–Crippen LogP) is 3.12. The molecule has 0 heterocycles. The van der Waals surface area contributed by atoms with E-state index < -0.39 is 17.1 Å². The van der Waals surface area contributed by atoms with Crippen LogP contribution in [0, 0.1) is 23.0 Å². The summed E-state index contributed by atoms with van der Waals surface area (Å²) in [6.07, 6.45) is 0.799. The molecule has 0 unspecified atom stereocenters. The minimum absolute atomic E-state index is 0. The zero-order chi connectivity index (χ0) is 14.6. The quantitative estimate of drug-likeness (QED) is 0.624. The number of aryl methyl sites for hydroxylation is 1. The lowest BCUT2D eigenvalue weighted by Crippen LogP contribution is -2.26. The third-order valence-electron chi connectivity index (χ3n) is 3.27. The molecule has 0 aliphatic heterocycles. The van der Waals surface area contributed by atoms with Crippen LogP contribution < -0.4 is 5.73 Å². The van der Waals surface area contributed by atoms with Gasteiger partial charge in [0.25, 0.3) is 5.69 Å². The van der Waals surface area contributed by atoms with Gasteiger partial charge in [-0.25, -0.2) is 0 Å². The molecule has 0 fully saturated rings. The second-order valence-electron chi connectivity index (χ2n) is 5.37. The molecule has 0 spiro atoms. The Hall–Kier alpha value is -1.17. The molecular formula is C14H23ClN2O3. The van der Waals surface area contributed by atoms with Gasteiger partial charge in [-0.05, 0) is 31.2 Å². The van der Waals surface area contributed by atoms with E-state index in [9.17, 15) is 15.2 Å². The van der Waals surface area contributed by atoms with Crippen LogP contribution in [0.4, 0.5) is 5.69 Å². The highest BCUT2D eigenvalue weighted by atomic mass is 35.5. The molecule has 6 heteroatoms. The SMILES string of the molecule is Cc1ccc([C@H](N)[C@H](O)CCC(C)C)cc1[N+](=O)[O-].Cl. The summed E-state index contributed by atoms with van der Waals surface area (Å²) in [5, 5.41) is 20.9. The maximum atomic E-state index is 10.9. The number of nitro benzene ring substituents is 1. The third kappa shape index (κ3) is 5.07. The standard InChI is InChI=1S/C14H22N2O3.ClH/c1-9(2)4-7-13(17)14(15)11-6-5-10(3)12(8-11)16(18)19;/h5-6,8-9,13-14,17H,4,7,15H2,1-3H3;1H/t13-,14+;/m1./s1. The number of benzene rings is 1. The molecule has 0 aromatic heterocycles. The molecule has 0 radical (unpaired) electrons. The fraction of sp³-hybridized carbons (Fsp3) is 0.571. The molecule has 3 N–H and O–H groups in total. The molecule has 114 valence electrons. The Morgan fingerprint density at radius 2 is 1.95 bits per heavy atom. The number of hydrogen-bond acceptors (Lipinski definition) is 4. The molecule has 1 aromatic carbocycles. The van der Waals surface area contributed by atoms with Crippen LogP contribution in [0.25, 0.3) is 0 Å². The van der Waals surface area contributed by atoms with Gasteiger partial charge in [0, 0.05) is 11.6 Å². The van der Waals surface area contributed by atoms with Crippen LogP contribution >= 0.6 is 12.4 Å². The third-order valence-corrected chi connectivity index (χ3v) is 3.27. The molecule has 0 aliphatic rings. The van der Waals surface area contributed by atoms with E-state index in [1.807, 2.05) is 0 Å². The Kier molecular flexibility index (Phi) is 7.71. The van der Waals surface area contributed by atoms with Crippen LogP contribution in [0.2, 0.25) is 0 Å². The average molecular weight is 303 g/mol. The van der Waals surface area contributed by atoms with E-state index >= 15 is 0 Å². The van der Waals surface area contributed by atoms with E-state index in [0.29, 0.717) is 23.5 Å². The smallest absolute Gasteiger partial charge is 0.272 e. The van der Waals surface area contributed by atoms with Gasteiger partial charge in [0.1, 0.15) is 0 Å². The van der Waals surface area contributed by atoms with E-state index in [0.717, 1.165) is 6.42 Å². The van der Waals surface area contributed by atoms with Gasteiger partial charge in [-0.1, -0.05) is 26.0 Å². The Bertz CT molecular complexity index is 452. The van der Waals surface area contributed by atoms with Gasteiger partial charge in [0.15, 0.2) is 0 Å². The van der Waals surface area contributed by atoms with Crippen molar-refractivity contribution >= 4 is 18.1 Å². The lowest BCUT2D eigenvalue weighted by Gasteiger charge is -2.20. The minimum atomic E-state index is -0.676. The van der Waals surface area contributed by atoms with Gasteiger partial charge in [-0.2, -0.15) is 0 Å². The van der Waals surface area contributed by atoms with E-state index in [4.69, 9.17) is 5.73 Å². The van der Waals surface area contributed by atoms with Crippen LogP contribution in [0.5, 0.6) is 0 Å². The van der Waals surface area contributed by atoms with E-state index in [1.54, 1.807) is 19.1 Å². The monoisotopic (exact) mass is 302 g/mol. The largest absolute Gasteiger partial charge is 0.391 e. The zero-order valence-electron chi connectivity index (χ0n) is 12.1. The number of aliphatic hydroxyl groups is 1. The highest BCUT2D eigenvalue weighted by Gasteiger charge is 2.20. The molecule has 1 aromatic rings. The lowest BCUT2D eigenvalue weighted by atomic mass is 9.95. The molecule has 0 aliphatic carbocycles. The summed E-state index contributed by atoms with van der Waals surface area (Å²) in [6, 6.07) is 4.28. The molecule has 0 saturated carbocycles. The molecule has 0 amide bonds. The predicted molar refractivity (Wildman–Crippen MR) is 82.1 cm³/mol. The van der Waals surface area contributed by atoms with Crippen molar-refractivity contribution in [2.24, 2.45) is 11.7 Å². The first kappa shape index (κ1) is 18.8. The van der Waals surface area contributed by atoms with E-state index in [2.05, 4.69) is 13.8 Å². The molecule has 0 bridgehead atoms. The molecule has 1 rings (SSSR count). The maximum Gasteiger partial charge on any atom is 0.272 e. The van der Waals surface area contributed by atoms with Gasteiger partial charge in [0.05, 0.1) is 17.1 Å². The van der Waals surface area contributed by atoms with Crippen molar-refractivity contribution in [2.75, 3.05) is 0 Å². The summed E-state index contributed by atoms with van der Waals surface area (Å²) < 4.78 is 0. The summed E-state index contributed by atoms with van der Waals surface area (Å²) in [4.78, 5) is 10.5. The number of nitrogens with two attached hydrogens (primary N) is 1. The zero-order valence-corrected chi connectivity index (χ0v) is 12.9. The number of halogens is 1. The molecule has 5 nitrogen and oxygen atoms in total. The normalized spacial score (nSPS) is 13.7. The van der Waals surface area contributed by atoms with Crippen molar-refractivity contribution in [2.45, 2.75) is 45.8 Å². The fourth-order valence-electron chi connectivity index (χ4n) is 1.94. The average Bonchev–Trinajstić information content (AvgIpc) is 2.35. The Labute approximate surface area is 125 Å².